The number of allylic oxidation sites excluding steroid dienone is 1. The fraction of sp³-hybridized carbons (Fsp3) is 0.353. The van der Waals surface area contributed by atoms with Crippen LogP contribution in [0, 0.1) is 5.41 Å². The second-order valence-electron chi connectivity index (χ2n) is 12.1. The van der Waals surface area contributed by atoms with Gasteiger partial charge in [0.25, 0.3) is 0 Å². The molecule has 4 aromatic rings. The summed E-state index contributed by atoms with van der Waals surface area (Å²) in [5.41, 5.74) is 9.73. The maximum Gasteiger partial charge on any atom is 0.150 e. The average Bonchev–Trinajstić information content (AvgIpc) is 3.43. The van der Waals surface area contributed by atoms with Crippen LogP contribution in [0.3, 0.4) is 0 Å². The van der Waals surface area contributed by atoms with Gasteiger partial charge in [-0.2, -0.15) is 0 Å². The number of nitrogens with zero attached hydrogens (tertiary/aromatic N) is 3. The van der Waals surface area contributed by atoms with Crippen molar-refractivity contribution >= 4 is 40.2 Å². The van der Waals surface area contributed by atoms with E-state index in [0.717, 1.165) is 84.6 Å². The Morgan fingerprint density at radius 1 is 1.02 bits per heavy atom. The molecule has 2 aliphatic rings. The standard InChI is InChI=1S/C34H37ClN4O/c1-34(2)11-9-27(32(20-34)25-3-6-30(35)7-4-25)22-38-13-15-39(16-14-38)31-8-5-28(23-40)29(19-31)18-24-17-26-10-12-36-33(26)37-21-24/h3-8,10,12,17,19,21,23H,9,11,13-16,18,20,22H2,1-2H3,(H,36,37). The van der Waals surface area contributed by atoms with E-state index in [0.29, 0.717) is 11.8 Å². The van der Waals surface area contributed by atoms with Crippen LogP contribution in [0.4, 0.5) is 5.69 Å². The van der Waals surface area contributed by atoms with E-state index in [1.807, 2.05) is 36.7 Å². The van der Waals surface area contributed by atoms with Crippen LogP contribution in [-0.4, -0.2) is 53.9 Å². The molecule has 5 nitrogen and oxygen atoms in total. The molecule has 0 radical (unpaired) electrons. The highest BCUT2D eigenvalue weighted by atomic mass is 35.5. The van der Waals surface area contributed by atoms with Gasteiger partial charge in [-0.15, -0.1) is 0 Å². The first kappa shape index (κ1) is 26.8. The van der Waals surface area contributed by atoms with Gasteiger partial charge in [-0.1, -0.05) is 43.2 Å². The van der Waals surface area contributed by atoms with Crippen molar-refractivity contribution in [1.29, 1.82) is 0 Å². The average molecular weight is 553 g/mol. The number of rotatable bonds is 7. The van der Waals surface area contributed by atoms with E-state index in [1.54, 1.807) is 5.57 Å². The predicted octanol–water partition coefficient (Wildman–Crippen LogP) is 7.41. The molecule has 40 heavy (non-hydrogen) atoms. The lowest BCUT2D eigenvalue weighted by atomic mass is 9.72. The Labute approximate surface area is 241 Å². The Morgan fingerprint density at radius 3 is 2.60 bits per heavy atom. The zero-order valence-electron chi connectivity index (χ0n) is 23.4. The molecule has 0 atom stereocenters. The molecule has 0 saturated carbocycles. The lowest BCUT2D eigenvalue weighted by Gasteiger charge is -2.39. The molecule has 1 saturated heterocycles. The van der Waals surface area contributed by atoms with Crippen molar-refractivity contribution in [2.75, 3.05) is 37.6 Å². The van der Waals surface area contributed by atoms with Crippen LogP contribution in [0.15, 0.2) is 72.6 Å². The van der Waals surface area contributed by atoms with Crippen molar-refractivity contribution in [2.45, 2.75) is 39.5 Å². The normalized spacial score (nSPS) is 17.9. The van der Waals surface area contributed by atoms with Crippen molar-refractivity contribution in [3.05, 3.63) is 99.8 Å². The number of carbonyl (C=O) groups is 1. The largest absolute Gasteiger partial charge is 0.369 e. The summed E-state index contributed by atoms with van der Waals surface area (Å²) in [5.74, 6) is 0. The molecule has 0 amide bonds. The summed E-state index contributed by atoms with van der Waals surface area (Å²) in [6, 6.07) is 18.9. The molecule has 0 spiro atoms. The molecule has 0 bridgehead atoms. The molecule has 2 aromatic carbocycles. The van der Waals surface area contributed by atoms with Gasteiger partial charge >= 0.3 is 0 Å². The zero-order chi connectivity index (χ0) is 27.7. The van der Waals surface area contributed by atoms with E-state index >= 15 is 0 Å². The van der Waals surface area contributed by atoms with Gasteiger partial charge in [-0.25, -0.2) is 4.98 Å². The molecule has 1 fully saturated rings. The highest BCUT2D eigenvalue weighted by Crippen LogP contribution is 2.43. The van der Waals surface area contributed by atoms with E-state index in [-0.39, 0.29) is 0 Å². The number of aromatic nitrogens is 2. The van der Waals surface area contributed by atoms with E-state index < -0.39 is 0 Å². The maximum atomic E-state index is 11.8. The fourth-order valence-corrected chi connectivity index (χ4v) is 6.38. The third-order valence-electron chi connectivity index (χ3n) is 8.64. The number of piperazine rings is 1. The maximum absolute atomic E-state index is 11.8. The number of H-pyrrole nitrogens is 1. The van der Waals surface area contributed by atoms with Gasteiger partial charge in [-0.05, 0) is 95.8 Å². The number of hydrogen-bond donors (Lipinski definition) is 1. The number of benzene rings is 2. The summed E-state index contributed by atoms with van der Waals surface area (Å²) in [5, 5.41) is 1.88. The van der Waals surface area contributed by atoms with Crippen molar-refractivity contribution < 1.29 is 4.79 Å². The van der Waals surface area contributed by atoms with Crippen LogP contribution in [0.1, 0.15) is 60.2 Å². The van der Waals surface area contributed by atoms with Gasteiger partial charge in [0, 0.05) is 66.8 Å². The van der Waals surface area contributed by atoms with Crippen LogP contribution < -0.4 is 4.90 Å². The van der Waals surface area contributed by atoms with E-state index in [4.69, 9.17) is 11.6 Å². The molecule has 3 heterocycles. The van der Waals surface area contributed by atoms with Crippen molar-refractivity contribution in [3.8, 4) is 0 Å². The van der Waals surface area contributed by atoms with Gasteiger partial charge in [0.1, 0.15) is 11.9 Å². The molecule has 1 N–H and O–H groups in total. The predicted molar refractivity (Wildman–Crippen MR) is 165 cm³/mol. The number of anilines is 1. The number of aromatic amines is 1. The van der Waals surface area contributed by atoms with E-state index in [9.17, 15) is 4.79 Å². The van der Waals surface area contributed by atoms with Gasteiger partial charge in [0.15, 0.2) is 0 Å². The van der Waals surface area contributed by atoms with Gasteiger partial charge in [0.2, 0.25) is 0 Å². The first-order valence-electron chi connectivity index (χ1n) is 14.3. The SMILES string of the molecule is CC1(C)CCC(CN2CCN(c3ccc(C=O)c(Cc4cnc5[nH]ccc5c4)c3)CC2)=C(c2ccc(Cl)cc2)C1. The molecule has 6 heteroatoms. The highest BCUT2D eigenvalue weighted by Gasteiger charge is 2.29. The van der Waals surface area contributed by atoms with Crippen molar-refractivity contribution in [2.24, 2.45) is 5.41 Å². The first-order valence-corrected chi connectivity index (χ1v) is 14.7. The van der Waals surface area contributed by atoms with Crippen LogP contribution in [0.2, 0.25) is 5.02 Å². The quantitative estimate of drug-likeness (QED) is 0.243. The summed E-state index contributed by atoms with van der Waals surface area (Å²) in [6.07, 6.45) is 8.97. The number of nitrogens with one attached hydrogen (secondary N) is 1. The number of halogens is 1. The van der Waals surface area contributed by atoms with Gasteiger partial charge in [0.05, 0.1) is 0 Å². The molecule has 0 unspecified atom stereocenters. The van der Waals surface area contributed by atoms with Gasteiger partial charge < -0.3 is 9.88 Å². The number of pyridine rings is 1. The van der Waals surface area contributed by atoms with Crippen LogP contribution >= 0.6 is 11.6 Å². The number of hydrogen-bond acceptors (Lipinski definition) is 4. The summed E-state index contributed by atoms with van der Waals surface area (Å²) in [7, 11) is 0. The Hall–Kier alpha value is -3.41. The fourth-order valence-electron chi connectivity index (χ4n) is 6.26. The molecule has 206 valence electrons. The molecule has 6 rings (SSSR count). The lowest BCUT2D eigenvalue weighted by molar-refractivity contribution is 0.112. The van der Waals surface area contributed by atoms with Gasteiger partial charge in [-0.3, -0.25) is 9.69 Å². The topological polar surface area (TPSA) is 52.2 Å². The minimum absolute atomic E-state index is 0.325. The van der Waals surface area contributed by atoms with E-state index in [1.165, 1.54) is 23.2 Å². The Morgan fingerprint density at radius 2 is 1.82 bits per heavy atom. The number of carbonyl (C=O) groups excluding carboxylic acids is 1. The third kappa shape index (κ3) is 5.86. The number of aldehydes is 1. The zero-order valence-corrected chi connectivity index (χ0v) is 24.2. The first-order chi connectivity index (χ1) is 19.4. The van der Waals surface area contributed by atoms with Crippen LogP contribution in [0.5, 0.6) is 0 Å². The summed E-state index contributed by atoms with van der Waals surface area (Å²) >= 11 is 6.20. The minimum Gasteiger partial charge on any atom is -0.369 e. The number of fused-ring (bicyclic) bond motifs is 1. The third-order valence-corrected chi connectivity index (χ3v) is 8.89. The monoisotopic (exact) mass is 552 g/mol. The molecular weight excluding hydrogens is 516 g/mol. The van der Waals surface area contributed by atoms with E-state index in [2.05, 4.69) is 63.9 Å². The molecule has 1 aliphatic heterocycles. The Kier molecular flexibility index (Phi) is 7.52. The summed E-state index contributed by atoms with van der Waals surface area (Å²) in [4.78, 5) is 24.6. The summed E-state index contributed by atoms with van der Waals surface area (Å²) < 4.78 is 0. The smallest absolute Gasteiger partial charge is 0.150 e. The second-order valence-corrected chi connectivity index (χ2v) is 12.6. The molecule has 1 aliphatic carbocycles. The molecular formula is C34H37ClN4O. The van der Waals surface area contributed by atoms with Crippen LogP contribution in [-0.2, 0) is 6.42 Å². The Bertz CT molecular complexity index is 1540. The highest BCUT2D eigenvalue weighted by molar-refractivity contribution is 6.30. The minimum atomic E-state index is 0.325. The van der Waals surface area contributed by atoms with Crippen LogP contribution in [0.25, 0.3) is 16.6 Å². The Balaban J connectivity index is 1.15. The lowest BCUT2D eigenvalue weighted by Crippen LogP contribution is -2.47. The molecule has 2 aromatic heterocycles. The second kappa shape index (κ2) is 11.2. The summed E-state index contributed by atoms with van der Waals surface area (Å²) in [6.45, 7) is 9.82. The van der Waals surface area contributed by atoms with Crippen molar-refractivity contribution in [1.82, 2.24) is 14.9 Å². The van der Waals surface area contributed by atoms with Crippen molar-refractivity contribution in [3.63, 3.8) is 0 Å².